The normalized spacial score (nSPS) is 11.5. The number of ether oxygens (including phenoxy) is 1. The van der Waals surface area contributed by atoms with Gasteiger partial charge in [0.2, 0.25) is 0 Å². The van der Waals surface area contributed by atoms with Gasteiger partial charge < -0.3 is 14.5 Å². The molecule has 2 rings (SSSR count). The summed E-state index contributed by atoms with van der Waals surface area (Å²) in [5.74, 6) is 2.27. The number of benzene rings is 1. The van der Waals surface area contributed by atoms with Crippen molar-refractivity contribution in [3.63, 3.8) is 0 Å². The molecular weight excluding hydrogens is 306 g/mol. The minimum Gasteiger partial charge on any atom is -0.497 e. The molecule has 1 N–H and O–H groups in total. The molecule has 0 saturated carbocycles. The second-order valence-electron chi connectivity index (χ2n) is 4.86. The van der Waals surface area contributed by atoms with Crippen LogP contribution in [0, 0.1) is 0 Å². The van der Waals surface area contributed by atoms with Gasteiger partial charge in [-0.3, -0.25) is 0 Å². The van der Waals surface area contributed by atoms with Gasteiger partial charge in [0.1, 0.15) is 17.1 Å². The summed E-state index contributed by atoms with van der Waals surface area (Å²) in [5.41, 5.74) is 2.16. The summed E-state index contributed by atoms with van der Waals surface area (Å²) >= 11 is 3.56. The molecule has 0 unspecified atom stereocenters. The van der Waals surface area contributed by atoms with Crippen molar-refractivity contribution in [3.05, 3.63) is 27.9 Å². The van der Waals surface area contributed by atoms with Crippen LogP contribution in [0.15, 0.2) is 21.0 Å². The van der Waals surface area contributed by atoms with Crippen LogP contribution < -0.4 is 10.1 Å². The van der Waals surface area contributed by atoms with Gasteiger partial charge in [0.15, 0.2) is 0 Å². The van der Waals surface area contributed by atoms with Crippen LogP contribution >= 0.6 is 15.9 Å². The van der Waals surface area contributed by atoms with Crippen molar-refractivity contribution in [2.45, 2.75) is 33.2 Å². The monoisotopic (exact) mass is 325 g/mol. The number of nitrogens with one attached hydrogen (secondary N) is 1. The molecule has 0 aliphatic rings. The highest BCUT2D eigenvalue weighted by atomic mass is 79.9. The van der Waals surface area contributed by atoms with Gasteiger partial charge in [-0.05, 0) is 40.5 Å². The van der Waals surface area contributed by atoms with E-state index in [1.165, 1.54) is 5.56 Å². The lowest BCUT2D eigenvalue weighted by Crippen LogP contribution is -2.12. The molecule has 0 aliphatic carbocycles. The maximum atomic E-state index is 6.03. The van der Waals surface area contributed by atoms with E-state index in [2.05, 4.69) is 42.0 Å². The van der Waals surface area contributed by atoms with Crippen LogP contribution in [-0.2, 0) is 6.54 Å². The Hall–Kier alpha value is -1.00. The summed E-state index contributed by atoms with van der Waals surface area (Å²) in [6.45, 7) is 8.16. The lowest BCUT2D eigenvalue weighted by Gasteiger charge is -2.07. The quantitative estimate of drug-likeness (QED) is 0.882. The molecule has 0 bridgehead atoms. The molecule has 4 heteroatoms. The van der Waals surface area contributed by atoms with Crippen molar-refractivity contribution in [1.82, 2.24) is 5.32 Å². The third-order valence-electron chi connectivity index (χ3n) is 3.18. The molecule has 1 heterocycles. The van der Waals surface area contributed by atoms with Crippen molar-refractivity contribution >= 4 is 26.9 Å². The summed E-state index contributed by atoms with van der Waals surface area (Å²) in [5, 5.41) is 4.46. The van der Waals surface area contributed by atoms with E-state index in [4.69, 9.17) is 9.15 Å². The van der Waals surface area contributed by atoms with E-state index in [0.717, 1.165) is 40.0 Å². The predicted molar refractivity (Wildman–Crippen MR) is 81.9 cm³/mol. The fourth-order valence-corrected chi connectivity index (χ4v) is 2.84. The number of methoxy groups -OCH3 is 1. The van der Waals surface area contributed by atoms with Crippen molar-refractivity contribution in [3.8, 4) is 5.75 Å². The maximum Gasteiger partial charge on any atom is 0.149 e. The minimum atomic E-state index is 0.411. The Morgan fingerprint density at radius 2 is 2.11 bits per heavy atom. The molecule has 0 aliphatic heterocycles. The van der Waals surface area contributed by atoms with Crippen molar-refractivity contribution < 1.29 is 9.15 Å². The summed E-state index contributed by atoms with van der Waals surface area (Å²) in [7, 11) is 1.68. The number of fused-ring (bicyclic) bond motifs is 1. The Kier molecular flexibility index (Phi) is 4.53. The first-order valence-corrected chi connectivity index (χ1v) is 7.37. The molecule has 1 aromatic carbocycles. The van der Waals surface area contributed by atoms with E-state index in [9.17, 15) is 0 Å². The molecule has 19 heavy (non-hydrogen) atoms. The van der Waals surface area contributed by atoms with Crippen LogP contribution in [0.1, 0.15) is 38.0 Å². The van der Waals surface area contributed by atoms with Crippen LogP contribution in [0.3, 0.4) is 0 Å². The fourth-order valence-electron chi connectivity index (χ4n) is 2.32. The van der Waals surface area contributed by atoms with E-state index in [0.29, 0.717) is 5.92 Å². The number of rotatable bonds is 5. The molecule has 104 valence electrons. The lowest BCUT2D eigenvalue weighted by atomic mass is 9.99. The number of halogens is 1. The van der Waals surface area contributed by atoms with E-state index < -0.39 is 0 Å². The Balaban J connectivity index is 2.63. The van der Waals surface area contributed by atoms with Crippen LogP contribution in [0.5, 0.6) is 5.75 Å². The number of hydrogen-bond acceptors (Lipinski definition) is 3. The van der Waals surface area contributed by atoms with Crippen molar-refractivity contribution in [2.75, 3.05) is 13.7 Å². The van der Waals surface area contributed by atoms with Gasteiger partial charge in [-0.25, -0.2) is 0 Å². The summed E-state index contributed by atoms with van der Waals surface area (Å²) < 4.78 is 12.3. The van der Waals surface area contributed by atoms with Gasteiger partial charge >= 0.3 is 0 Å². The third-order valence-corrected chi connectivity index (χ3v) is 3.77. The maximum absolute atomic E-state index is 6.03. The van der Waals surface area contributed by atoms with Crippen molar-refractivity contribution in [1.29, 1.82) is 0 Å². The first kappa shape index (κ1) is 14.4. The Bertz CT molecular complexity index is 575. The summed E-state index contributed by atoms with van der Waals surface area (Å²) in [6, 6.07) is 3.99. The number of hydrogen-bond donors (Lipinski definition) is 1. The Morgan fingerprint density at radius 1 is 1.37 bits per heavy atom. The molecule has 0 spiro atoms. The van der Waals surface area contributed by atoms with E-state index in [-0.39, 0.29) is 0 Å². The highest BCUT2D eigenvalue weighted by molar-refractivity contribution is 9.10. The standard InChI is InChI=1S/C15H20BrNO2/c1-5-17-8-13-14(9(2)3)11-6-10(18-4)7-12(16)15(11)19-13/h6-7,9,17H,5,8H2,1-4H3. The lowest BCUT2D eigenvalue weighted by molar-refractivity contribution is 0.415. The van der Waals surface area contributed by atoms with Gasteiger partial charge in [-0.2, -0.15) is 0 Å². The highest BCUT2D eigenvalue weighted by Crippen LogP contribution is 2.38. The zero-order valence-electron chi connectivity index (χ0n) is 11.8. The average Bonchev–Trinajstić information content (AvgIpc) is 2.75. The Morgan fingerprint density at radius 3 is 2.68 bits per heavy atom. The molecule has 3 nitrogen and oxygen atoms in total. The van der Waals surface area contributed by atoms with E-state index in [1.54, 1.807) is 7.11 Å². The average molecular weight is 326 g/mol. The topological polar surface area (TPSA) is 34.4 Å². The first-order chi connectivity index (χ1) is 9.08. The Labute approximate surface area is 122 Å². The smallest absolute Gasteiger partial charge is 0.149 e. The molecule has 2 aromatic rings. The zero-order chi connectivity index (χ0) is 14.0. The third kappa shape index (κ3) is 2.79. The minimum absolute atomic E-state index is 0.411. The molecular formula is C15H20BrNO2. The molecule has 0 fully saturated rings. The van der Waals surface area contributed by atoms with E-state index in [1.807, 2.05) is 12.1 Å². The molecule has 0 atom stereocenters. The largest absolute Gasteiger partial charge is 0.497 e. The SMILES string of the molecule is CCNCc1oc2c(Br)cc(OC)cc2c1C(C)C. The second-order valence-corrected chi connectivity index (χ2v) is 5.71. The molecule has 0 saturated heterocycles. The van der Waals surface area contributed by atoms with Crippen LogP contribution in [-0.4, -0.2) is 13.7 Å². The van der Waals surface area contributed by atoms with Crippen molar-refractivity contribution in [2.24, 2.45) is 0 Å². The number of furan rings is 1. The predicted octanol–water partition coefficient (Wildman–Crippen LogP) is 4.44. The fraction of sp³-hybridized carbons (Fsp3) is 0.467. The van der Waals surface area contributed by atoms with Crippen LogP contribution in [0.2, 0.25) is 0 Å². The van der Waals surface area contributed by atoms with Crippen LogP contribution in [0.4, 0.5) is 0 Å². The first-order valence-electron chi connectivity index (χ1n) is 6.58. The van der Waals surface area contributed by atoms with E-state index >= 15 is 0 Å². The van der Waals surface area contributed by atoms with Gasteiger partial charge in [-0.15, -0.1) is 0 Å². The molecule has 1 aromatic heterocycles. The van der Waals surface area contributed by atoms with Gasteiger partial charge in [0.05, 0.1) is 18.1 Å². The second kappa shape index (κ2) is 5.97. The van der Waals surface area contributed by atoms with Gasteiger partial charge in [0.25, 0.3) is 0 Å². The summed E-state index contributed by atoms with van der Waals surface area (Å²) in [4.78, 5) is 0. The molecule has 0 amide bonds. The van der Waals surface area contributed by atoms with Gasteiger partial charge in [-0.1, -0.05) is 20.8 Å². The van der Waals surface area contributed by atoms with Gasteiger partial charge in [0, 0.05) is 10.9 Å². The highest BCUT2D eigenvalue weighted by Gasteiger charge is 2.19. The van der Waals surface area contributed by atoms with Crippen LogP contribution in [0.25, 0.3) is 11.0 Å². The molecule has 0 radical (unpaired) electrons. The zero-order valence-corrected chi connectivity index (χ0v) is 13.4. The summed E-state index contributed by atoms with van der Waals surface area (Å²) in [6.07, 6.45) is 0.